The number of sulfonamides is 1. The highest BCUT2D eigenvalue weighted by molar-refractivity contribution is 7.94. The summed E-state index contributed by atoms with van der Waals surface area (Å²) in [5.74, 6) is -0.183. The zero-order valence-corrected chi connectivity index (χ0v) is 19.2. The molecule has 1 N–H and O–H groups in total. The molecule has 0 fully saturated rings. The highest BCUT2D eigenvalue weighted by Crippen LogP contribution is 2.26. The van der Waals surface area contributed by atoms with Crippen LogP contribution in [0, 0.1) is 13.8 Å². The molecule has 1 atom stereocenters. The summed E-state index contributed by atoms with van der Waals surface area (Å²) in [6.45, 7) is 6.14. The summed E-state index contributed by atoms with van der Waals surface area (Å²) in [6.07, 6.45) is 0.773. The molecule has 0 saturated carbocycles. The van der Waals surface area contributed by atoms with Gasteiger partial charge in [-0.15, -0.1) is 11.3 Å². The van der Waals surface area contributed by atoms with E-state index in [2.05, 4.69) is 30.4 Å². The monoisotopic (exact) mass is 442 g/mol. The normalized spacial score (nSPS) is 12.4. The first-order chi connectivity index (χ1) is 14.2. The van der Waals surface area contributed by atoms with Crippen LogP contribution in [0.1, 0.15) is 46.4 Å². The number of anilines is 1. The number of carbonyl (C=O) groups excluding carboxylic acids is 1. The molecule has 30 heavy (non-hydrogen) atoms. The van der Waals surface area contributed by atoms with Crippen molar-refractivity contribution >= 4 is 33.0 Å². The average molecular weight is 443 g/mol. The molecule has 1 amide bonds. The van der Waals surface area contributed by atoms with Gasteiger partial charge >= 0.3 is 0 Å². The first kappa shape index (κ1) is 22.1. The summed E-state index contributed by atoms with van der Waals surface area (Å²) in [5, 5.41) is 4.82. The predicted octanol–water partition coefficient (Wildman–Crippen LogP) is 5.07. The van der Waals surface area contributed by atoms with Crippen molar-refractivity contribution < 1.29 is 13.2 Å². The maximum atomic E-state index is 12.8. The van der Waals surface area contributed by atoms with Crippen LogP contribution in [0.2, 0.25) is 0 Å². The van der Waals surface area contributed by atoms with Gasteiger partial charge in [0.1, 0.15) is 4.21 Å². The van der Waals surface area contributed by atoms with E-state index in [4.69, 9.17) is 0 Å². The van der Waals surface area contributed by atoms with E-state index in [0.717, 1.165) is 17.5 Å². The molecule has 0 unspecified atom stereocenters. The number of nitrogens with one attached hydrogen (secondary N) is 1. The number of hydrogen-bond acceptors (Lipinski definition) is 4. The third kappa shape index (κ3) is 4.57. The van der Waals surface area contributed by atoms with Crippen LogP contribution >= 0.6 is 11.3 Å². The summed E-state index contributed by atoms with van der Waals surface area (Å²) in [5.41, 5.74) is 4.44. The molecule has 7 heteroatoms. The lowest BCUT2D eigenvalue weighted by Gasteiger charge is -2.21. The van der Waals surface area contributed by atoms with Crippen LogP contribution in [0.5, 0.6) is 0 Å². The standard InChI is InChI=1S/C23H26N2O3S2/c1-5-21(20-13-8-16(2)15-17(20)3)24-23(26)18-9-11-19(12-10-18)25(4)30(27,28)22-7-6-14-29-22/h6-15,21H,5H2,1-4H3,(H,24,26)/t21-/m1/s1. The van der Waals surface area contributed by atoms with Crippen molar-refractivity contribution in [3.05, 3.63) is 82.2 Å². The van der Waals surface area contributed by atoms with E-state index in [1.54, 1.807) is 41.8 Å². The molecule has 1 heterocycles. The first-order valence-electron chi connectivity index (χ1n) is 9.74. The van der Waals surface area contributed by atoms with Gasteiger partial charge in [-0.1, -0.05) is 36.8 Å². The number of rotatable bonds is 7. The molecule has 158 valence electrons. The minimum absolute atomic E-state index is 0.0837. The van der Waals surface area contributed by atoms with Crippen LogP contribution in [0.3, 0.4) is 0 Å². The zero-order chi connectivity index (χ0) is 21.9. The summed E-state index contributed by atoms with van der Waals surface area (Å²) in [6, 6.07) is 16.0. The van der Waals surface area contributed by atoms with Crippen LogP contribution < -0.4 is 9.62 Å². The number of amides is 1. The molecule has 2 aromatic carbocycles. The second kappa shape index (κ2) is 9.02. The number of carbonyl (C=O) groups is 1. The van der Waals surface area contributed by atoms with Gasteiger partial charge in [0.15, 0.2) is 0 Å². The molecule has 0 bridgehead atoms. The Morgan fingerprint density at radius 1 is 1.10 bits per heavy atom. The van der Waals surface area contributed by atoms with Gasteiger partial charge in [0.05, 0.1) is 11.7 Å². The number of hydrogen-bond donors (Lipinski definition) is 1. The molecule has 0 radical (unpaired) electrons. The molecule has 0 aliphatic carbocycles. The van der Waals surface area contributed by atoms with Crippen LogP contribution in [-0.4, -0.2) is 21.4 Å². The minimum atomic E-state index is -3.60. The van der Waals surface area contributed by atoms with Crippen LogP contribution in [0.25, 0.3) is 0 Å². The molecule has 0 aliphatic heterocycles. The summed E-state index contributed by atoms with van der Waals surface area (Å²) >= 11 is 1.18. The fraction of sp³-hybridized carbons (Fsp3) is 0.261. The third-order valence-corrected chi connectivity index (χ3v) is 8.28. The SMILES string of the molecule is CC[C@@H](NC(=O)c1ccc(N(C)S(=O)(=O)c2cccs2)cc1)c1ccc(C)cc1C. The minimum Gasteiger partial charge on any atom is -0.345 e. The molecule has 0 aliphatic rings. The van der Waals surface area contributed by atoms with Gasteiger partial charge in [-0.25, -0.2) is 8.42 Å². The van der Waals surface area contributed by atoms with Crippen molar-refractivity contribution in [2.24, 2.45) is 0 Å². The topological polar surface area (TPSA) is 66.5 Å². The zero-order valence-electron chi connectivity index (χ0n) is 17.5. The Morgan fingerprint density at radius 3 is 2.37 bits per heavy atom. The smallest absolute Gasteiger partial charge is 0.273 e. The molecular weight excluding hydrogens is 416 g/mol. The molecule has 3 rings (SSSR count). The Labute approximate surface area is 182 Å². The second-order valence-corrected chi connectivity index (χ2v) is 10.4. The van der Waals surface area contributed by atoms with E-state index in [-0.39, 0.29) is 16.2 Å². The lowest BCUT2D eigenvalue weighted by molar-refractivity contribution is 0.0935. The Balaban J connectivity index is 1.76. The number of aryl methyl sites for hydroxylation is 2. The van der Waals surface area contributed by atoms with E-state index in [1.807, 2.05) is 13.8 Å². The Kier molecular flexibility index (Phi) is 6.63. The van der Waals surface area contributed by atoms with Crippen molar-refractivity contribution in [3.8, 4) is 0 Å². The largest absolute Gasteiger partial charge is 0.345 e. The Hall–Kier alpha value is -2.64. The fourth-order valence-corrected chi connectivity index (χ4v) is 5.72. The lowest BCUT2D eigenvalue weighted by Crippen LogP contribution is -2.29. The average Bonchev–Trinajstić information content (AvgIpc) is 3.27. The molecule has 1 aromatic heterocycles. The maximum absolute atomic E-state index is 12.8. The van der Waals surface area contributed by atoms with Gasteiger partial charge in [-0.2, -0.15) is 0 Å². The lowest BCUT2D eigenvalue weighted by atomic mass is 9.97. The van der Waals surface area contributed by atoms with E-state index >= 15 is 0 Å². The van der Waals surface area contributed by atoms with Gasteiger partial charge in [0.2, 0.25) is 0 Å². The van der Waals surface area contributed by atoms with Crippen LogP contribution in [0.4, 0.5) is 5.69 Å². The van der Waals surface area contributed by atoms with Crippen LogP contribution in [0.15, 0.2) is 64.2 Å². The van der Waals surface area contributed by atoms with Crippen LogP contribution in [-0.2, 0) is 10.0 Å². The van der Waals surface area contributed by atoms with Crippen molar-refractivity contribution in [1.82, 2.24) is 5.32 Å². The molecular formula is C23H26N2O3S2. The first-order valence-corrected chi connectivity index (χ1v) is 12.1. The Morgan fingerprint density at radius 2 is 1.80 bits per heavy atom. The summed E-state index contributed by atoms with van der Waals surface area (Å²) < 4.78 is 26.8. The molecule has 3 aromatic rings. The summed E-state index contributed by atoms with van der Waals surface area (Å²) in [7, 11) is -2.09. The number of nitrogens with zero attached hydrogens (tertiary/aromatic N) is 1. The van der Waals surface area contributed by atoms with E-state index in [0.29, 0.717) is 11.3 Å². The Bertz CT molecular complexity index is 1120. The van der Waals surface area contributed by atoms with Crippen molar-refractivity contribution in [3.63, 3.8) is 0 Å². The van der Waals surface area contributed by atoms with E-state index < -0.39 is 10.0 Å². The molecule has 0 saturated heterocycles. The number of benzene rings is 2. The van der Waals surface area contributed by atoms with Gasteiger partial charge < -0.3 is 5.32 Å². The van der Waals surface area contributed by atoms with Gasteiger partial charge in [-0.3, -0.25) is 9.10 Å². The van der Waals surface area contributed by atoms with Crippen molar-refractivity contribution in [1.29, 1.82) is 0 Å². The highest BCUT2D eigenvalue weighted by atomic mass is 32.2. The maximum Gasteiger partial charge on any atom is 0.273 e. The highest BCUT2D eigenvalue weighted by Gasteiger charge is 2.22. The number of thiophene rings is 1. The van der Waals surface area contributed by atoms with Crippen molar-refractivity contribution in [2.75, 3.05) is 11.4 Å². The van der Waals surface area contributed by atoms with Gasteiger partial charge in [-0.05, 0) is 67.1 Å². The third-order valence-electron chi connectivity index (χ3n) is 5.12. The van der Waals surface area contributed by atoms with E-state index in [1.165, 1.54) is 28.3 Å². The van der Waals surface area contributed by atoms with Crippen molar-refractivity contribution in [2.45, 2.75) is 37.4 Å². The fourth-order valence-electron chi connectivity index (χ4n) is 3.36. The van der Waals surface area contributed by atoms with Gasteiger partial charge in [0, 0.05) is 12.6 Å². The van der Waals surface area contributed by atoms with E-state index in [9.17, 15) is 13.2 Å². The summed E-state index contributed by atoms with van der Waals surface area (Å²) in [4.78, 5) is 12.8. The predicted molar refractivity (Wildman–Crippen MR) is 123 cm³/mol. The molecule has 5 nitrogen and oxygen atoms in total. The quantitative estimate of drug-likeness (QED) is 0.555. The van der Waals surface area contributed by atoms with Gasteiger partial charge in [0.25, 0.3) is 15.9 Å². The molecule has 0 spiro atoms. The second-order valence-electron chi connectivity index (χ2n) is 7.25.